The molecule has 0 radical (unpaired) electrons. The predicted octanol–water partition coefficient (Wildman–Crippen LogP) is 1.76. The van der Waals surface area contributed by atoms with Crippen LogP contribution in [0.25, 0.3) is 0 Å². The summed E-state index contributed by atoms with van der Waals surface area (Å²) in [6.45, 7) is 3.83. The fourth-order valence-electron chi connectivity index (χ4n) is 2.56. The van der Waals surface area contributed by atoms with E-state index in [1.165, 1.54) is 0 Å². The normalized spacial score (nSPS) is 22.4. The summed E-state index contributed by atoms with van der Waals surface area (Å²) in [4.78, 5) is 12.2. The van der Waals surface area contributed by atoms with Crippen molar-refractivity contribution in [1.82, 2.24) is 5.32 Å². The number of carbonyl (C=O) groups is 1. The van der Waals surface area contributed by atoms with E-state index in [1.54, 1.807) is 18.2 Å². The molecule has 0 saturated carbocycles. The standard InChI is InChI=1S/C15H19NO4/c1-10(12-3-2-6-18-12)16-15(17)11-4-5-13-14(9-11)20-8-7-19-13/h4-5,9-10,12H,2-3,6-8H2,1H3,(H,16,17). The van der Waals surface area contributed by atoms with Gasteiger partial charge in [0.25, 0.3) is 5.91 Å². The number of hydrogen-bond donors (Lipinski definition) is 1. The highest BCUT2D eigenvalue weighted by molar-refractivity contribution is 5.95. The number of rotatable bonds is 3. The molecule has 5 nitrogen and oxygen atoms in total. The van der Waals surface area contributed by atoms with E-state index in [0.29, 0.717) is 30.3 Å². The molecule has 20 heavy (non-hydrogen) atoms. The van der Waals surface area contributed by atoms with Crippen molar-refractivity contribution in [2.75, 3.05) is 19.8 Å². The SMILES string of the molecule is CC(NC(=O)c1ccc2c(c1)OCCO2)C1CCCO1. The van der Waals surface area contributed by atoms with Gasteiger partial charge in [0.1, 0.15) is 13.2 Å². The van der Waals surface area contributed by atoms with Crippen LogP contribution < -0.4 is 14.8 Å². The Hall–Kier alpha value is -1.75. The van der Waals surface area contributed by atoms with Gasteiger partial charge >= 0.3 is 0 Å². The van der Waals surface area contributed by atoms with Crippen LogP contribution in [0.1, 0.15) is 30.1 Å². The smallest absolute Gasteiger partial charge is 0.251 e. The largest absolute Gasteiger partial charge is 0.486 e. The average molecular weight is 277 g/mol. The Bertz CT molecular complexity index is 497. The maximum absolute atomic E-state index is 12.2. The summed E-state index contributed by atoms with van der Waals surface area (Å²) in [6, 6.07) is 5.27. The lowest BCUT2D eigenvalue weighted by molar-refractivity contribution is 0.0712. The molecule has 2 aliphatic heterocycles. The van der Waals surface area contributed by atoms with Gasteiger partial charge in [-0.3, -0.25) is 4.79 Å². The molecule has 0 aliphatic carbocycles. The van der Waals surface area contributed by atoms with Crippen molar-refractivity contribution in [3.05, 3.63) is 23.8 Å². The molecule has 5 heteroatoms. The second-order valence-corrected chi connectivity index (χ2v) is 5.17. The quantitative estimate of drug-likeness (QED) is 0.914. The highest BCUT2D eigenvalue weighted by atomic mass is 16.6. The zero-order chi connectivity index (χ0) is 13.9. The Morgan fingerprint density at radius 2 is 2.05 bits per heavy atom. The molecule has 1 amide bonds. The minimum atomic E-state index is -0.107. The van der Waals surface area contributed by atoms with Crippen LogP contribution in [0.4, 0.5) is 0 Å². The van der Waals surface area contributed by atoms with E-state index in [4.69, 9.17) is 14.2 Å². The van der Waals surface area contributed by atoms with Crippen molar-refractivity contribution in [3.8, 4) is 11.5 Å². The zero-order valence-corrected chi connectivity index (χ0v) is 11.6. The monoisotopic (exact) mass is 277 g/mol. The average Bonchev–Trinajstić information content (AvgIpc) is 3.01. The topological polar surface area (TPSA) is 56.8 Å². The van der Waals surface area contributed by atoms with Gasteiger partial charge in [0.2, 0.25) is 0 Å². The number of nitrogens with one attached hydrogen (secondary N) is 1. The first-order valence-electron chi connectivity index (χ1n) is 7.06. The number of fused-ring (bicyclic) bond motifs is 1. The van der Waals surface area contributed by atoms with Crippen molar-refractivity contribution in [2.24, 2.45) is 0 Å². The molecule has 0 aromatic heterocycles. The number of carbonyl (C=O) groups excluding carboxylic acids is 1. The van der Waals surface area contributed by atoms with Crippen molar-refractivity contribution in [1.29, 1.82) is 0 Å². The van der Waals surface area contributed by atoms with E-state index in [0.717, 1.165) is 19.4 Å². The molecular weight excluding hydrogens is 258 g/mol. The second kappa shape index (κ2) is 5.71. The minimum absolute atomic E-state index is 0.0122. The van der Waals surface area contributed by atoms with Gasteiger partial charge in [0.05, 0.1) is 12.1 Å². The van der Waals surface area contributed by atoms with E-state index >= 15 is 0 Å². The molecule has 2 atom stereocenters. The Morgan fingerprint density at radius 3 is 2.80 bits per heavy atom. The minimum Gasteiger partial charge on any atom is -0.486 e. The molecule has 1 aromatic rings. The number of benzene rings is 1. The van der Waals surface area contributed by atoms with Crippen molar-refractivity contribution in [2.45, 2.75) is 31.9 Å². The summed E-state index contributed by atoms with van der Waals surface area (Å²) in [5.74, 6) is 1.22. The molecule has 2 unspecified atom stereocenters. The van der Waals surface area contributed by atoms with E-state index in [-0.39, 0.29) is 18.1 Å². The first kappa shape index (κ1) is 13.2. The van der Waals surface area contributed by atoms with Crippen LogP contribution in [-0.4, -0.2) is 37.9 Å². The first-order chi connectivity index (χ1) is 9.74. The molecule has 2 aliphatic rings. The number of hydrogen-bond acceptors (Lipinski definition) is 4. The van der Waals surface area contributed by atoms with E-state index < -0.39 is 0 Å². The third-order valence-corrected chi connectivity index (χ3v) is 3.69. The van der Waals surface area contributed by atoms with Crippen LogP contribution in [0.5, 0.6) is 11.5 Å². The van der Waals surface area contributed by atoms with Crippen molar-refractivity contribution in [3.63, 3.8) is 0 Å². The molecule has 1 aromatic carbocycles. The Labute approximate surface area is 118 Å². The summed E-state index contributed by atoms with van der Waals surface area (Å²) < 4.78 is 16.5. The van der Waals surface area contributed by atoms with E-state index in [2.05, 4.69) is 5.32 Å². The maximum Gasteiger partial charge on any atom is 0.251 e. The fourth-order valence-corrected chi connectivity index (χ4v) is 2.56. The highest BCUT2D eigenvalue weighted by Gasteiger charge is 2.24. The third kappa shape index (κ3) is 2.72. The summed E-state index contributed by atoms with van der Waals surface area (Å²) in [5, 5.41) is 2.98. The van der Waals surface area contributed by atoms with E-state index in [1.807, 2.05) is 6.92 Å². The van der Waals surface area contributed by atoms with Crippen LogP contribution in [0.3, 0.4) is 0 Å². The van der Waals surface area contributed by atoms with E-state index in [9.17, 15) is 4.79 Å². The predicted molar refractivity (Wildman–Crippen MR) is 73.3 cm³/mol. The Morgan fingerprint density at radius 1 is 1.25 bits per heavy atom. The van der Waals surface area contributed by atoms with Gasteiger partial charge in [0.15, 0.2) is 11.5 Å². The van der Waals surface area contributed by atoms with Gasteiger partial charge in [-0.25, -0.2) is 0 Å². The van der Waals surface area contributed by atoms with Gasteiger partial charge in [-0.05, 0) is 38.0 Å². The number of amides is 1. The fraction of sp³-hybridized carbons (Fsp3) is 0.533. The number of ether oxygens (including phenoxy) is 3. The molecular formula is C15H19NO4. The van der Waals surface area contributed by atoms with Gasteiger partial charge < -0.3 is 19.5 Å². The lowest BCUT2D eigenvalue weighted by atomic mass is 10.1. The van der Waals surface area contributed by atoms with Gasteiger partial charge in [0, 0.05) is 12.2 Å². The summed E-state index contributed by atoms with van der Waals surface area (Å²) >= 11 is 0. The third-order valence-electron chi connectivity index (χ3n) is 3.69. The molecule has 1 N–H and O–H groups in total. The molecule has 2 heterocycles. The van der Waals surface area contributed by atoms with Crippen LogP contribution in [-0.2, 0) is 4.74 Å². The van der Waals surface area contributed by atoms with Crippen LogP contribution in [0, 0.1) is 0 Å². The molecule has 0 bridgehead atoms. The van der Waals surface area contributed by atoms with Crippen LogP contribution in [0.2, 0.25) is 0 Å². The zero-order valence-electron chi connectivity index (χ0n) is 11.6. The first-order valence-corrected chi connectivity index (χ1v) is 7.06. The summed E-state index contributed by atoms with van der Waals surface area (Å²) in [5.41, 5.74) is 0.582. The van der Waals surface area contributed by atoms with Crippen LogP contribution >= 0.6 is 0 Å². The maximum atomic E-state index is 12.2. The Kier molecular flexibility index (Phi) is 3.78. The summed E-state index contributed by atoms with van der Waals surface area (Å²) in [6.07, 6.45) is 2.19. The van der Waals surface area contributed by atoms with Crippen LogP contribution in [0.15, 0.2) is 18.2 Å². The van der Waals surface area contributed by atoms with Gasteiger partial charge in [-0.15, -0.1) is 0 Å². The Balaban J connectivity index is 1.67. The second-order valence-electron chi connectivity index (χ2n) is 5.17. The van der Waals surface area contributed by atoms with Gasteiger partial charge in [-0.2, -0.15) is 0 Å². The molecule has 1 fully saturated rings. The van der Waals surface area contributed by atoms with Gasteiger partial charge in [-0.1, -0.05) is 0 Å². The molecule has 0 spiro atoms. The lowest BCUT2D eigenvalue weighted by Crippen LogP contribution is -2.40. The van der Waals surface area contributed by atoms with Crippen molar-refractivity contribution >= 4 is 5.91 Å². The highest BCUT2D eigenvalue weighted by Crippen LogP contribution is 2.30. The summed E-state index contributed by atoms with van der Waals surface area (Å²) in [7, 11) is 0. The lowest BCUT2D eigenvalue weighted by Gasteiger charge is -2.21. The molecule has 3 rings (SSSR count). The molecule has 108 valence electrons. The molecule has 1 saturated heterocycles. The van der Waals surface area contributed by atoms with Crippen molar-refractivity contribution < 1.29 is 19.0 Å².